The molecule has 0 bridgehead atoms. The zero-order valence-corrected chi connectivity index (χ0v) is 25.8. The van der Waals surface area contributed by atoms with Crippen molar-refractivity contribution in [3.8, 4) is 0 Å². The molecule has 0 spiro atoms. The minimum Gasteiger partial charge on any atom is -0.456 e. The Balaban J connectivity index is 1.87. The number of nitrogens with zero attached hydrogens (tertiary/aromatic N) is 1. The quantitative estimate of drug-likeness (QED) is 0.146. The normalized spacial score (nSPS) is 19.2. The van der Waals surface area contributed by atoms with Crippen molar-refractivity contribution in [3.63, 3.8) is 0 Å². The number of ether oxygens (including phenoxy) is 2. The van der Waals surface area contributed by atoms with Crippen molar-refractivity contribution in [2.75, 3.05) is 19.6 Å². The number of amides is 3. The Kier molecular flexibility index (Phi) is 12.9. The maximum absolute atomic E-state index is 14.6. The summed E-state index contributed by atoms with van der Waals surface area (Å²) in [6.07, 6.45) is 1.81. The van der Waals surface area contributed by atoms with E-state index in [1.807, 2.05) is 67.6 Å². The van der Waals surface area contributed by atoms with Crippen molar-refractivity contribution >= 4 is 23.9 Å². The van der Waals surface area contributed by atoms with Crippen LogP contribution in [-0.4, -0.2) is 59.6 Å². The van der Waals surface area contributed by atoms with Crippen LogP contribution in [0.3, 0.4) is 0 Å². The van der Waals surface area contributed by atoms with Crippen LogP contribution < -0.4 is 10.8 Å². The predicted molar refractivity (Wildman–Crippen MR) is 161 cm³/mol. The summed E-state index contributed by atoms with van der Waals surface area (Å²) in [7, 11) is 0. The van der Waals surface area contributed by atoms with Gasteiger partial charge in [-0.15, -0.1) is 4.48 Å². The first-order valence-corrected chi connectivity index (χ1v) is 15.1. The van der Waals surface area contributed by atoms with E-state index >= 15 is 0 Å². The predicted octanol–water partition coefficient (Wildman–Crippen LogP) is 4.81. The molecule has 1 saturated heterocycles. The van der Waals surface area contributed by atoms with Crippen LogP contribution in [-0.2, 0) is 41.9 Å². The van der Waals surface area contributed by atoms with Gasteiger partial charge in [0.2, 0.25) is 11.9 Å². The lowest BCUT2D eigenvalue weighted by Crippen LogP contribution is -2.74. The number of hydroxylamine groups is 1. The summed E-state index contributed by atoms with van der Waals surface area (Å²) in [5.74, 6) is -2.53. The molecule has 43 heavy (non-hydrogen) atoms. The summed E-state index contributed by atoms with van der Waals surface area (Å²) in [5, 5.41) is 3.14. The van der Waals surface area contributed by atoms with E-state index in [2.05, 4.69) is 10.8 Å². The summed E-state index contributed by atoms with van der Waals surface area (Å²) < 4.78 is 10.6. The molecule has 2 aromatic carbocycles. The standard InChI is InChI=1S/C33H45N3O7/c1-5-6-9-18-27(21-29(37)35-42-24-26-16-12-8-13-17-26)30(38)36(32(40)43-33(2,3)4)20-19-34-22-28(36)31(39)41-23-25-14-10-7-11-15-25/h7-8,10-17,27-28,34H,5-6,9,18-24H2,1-4H3/p+1/t27-,28?,36+/m0/s1. The molecule has 2 N–H and O–H groups in total. The molecule has 1 fully saturated rings. The van der Waals surface area contributed by atoms with Crippen molar-refractivity contribution in [2.45, 2.75) is 84.7 Å². The molecule has 0 radical (unpaired) electrons. The van der Waals surface area contributed by atoms with Crippen molar-refractivity contribution in [2.24, 2.45) is 5.92 Å². The molecular formula is C33H46N3O7+. The van der Waals surface area contributed by atoms with E-state index in [0.29, 0.717) is 19.4 Å². The van der Waals surface area contributed by atoms with Gasteiger partial charge >= 0.3 is 18.0 Å². The van der Waals surface area contributed by atoms with Crippen LogP contribution in [0.4, 0.5) is 4.79 Å². The monoisotopic (exact) mass is 596 g/mol. The lowest BCUT2D eigenvalue weighted by molar-refractivity contribution is -0.806. The van der Waals surface area contributed by atoms with Gasteiger partial charge in [0.05, 0.1) is 19.1 Å². The molecule has 10 nitrogen and oxygen atoms in total. The number of nitrogens with one attached hydrogen (secondary N) is 2. The highest BCUT2D eigenvalue weighted by molar-refractivity contribution is 5.90. The van der Waals surface area contributed by atoms with Crippen molar-refractivity contribution in [1.29, 1.82) is 0 Å². The van der Waals surface area contributed by atoms with E-state index in [1.165, 1.54) is 0 Å². The molecule has 0 saturated carbocycles. The number of benzene rings is 2. The number of unbranched alkanes of at least 4 members (excludes halogenated alkanes) is 2. The Hall–Kier alpha value is -3.60. The van der Waals surface area contributed by atoms with Crippen LogP contribution in [0.5, 0.6) is 0 Å². The number of carbonyl (C=O) groups is 4. The average Bonchev–Trinajstić information content (AvgIpc) is 2.99. The fourth-order valence-corrected chi connectivity index (χ4v) is 5.13. The summed E-state index contributed by atoms with van der Waals surface area (Å²) in [5.41, 5.74) is 3.20. The molecule has 1 aliphatic heterocycles. The van der Waals surface area contributed by atoms with Crippen molar-refractivity contribution < 1.29 is 38.0 Å². The second-order valence-electron chi connectivity index (χ2n) is 11.9. The molecule has 0 aromatic heterocycles. The van der Waals surface area contributed by atoms with Gasteiger partial charge < -0.3 is 14.8 Å². The Bertz CT molecular complexity index is 1200. The Morgan fingerprint density at radius 1 is 0.953 bits per heavy atom. The van der Waals surface area contributed by atoms with E-state index in [4.69, 9.17) is 14.3 Å². The third-order valence-corrected chi connectivity index (χ3v) is 7.32. The largest absolute Gasteiger partial charge is 0.524 e. The highest BCUT2D eigenvalue weighted by Gasteiger charge is 2.60. The smallest absolute Gasteiger partial charge is 0.456 e. The fourth-order valence-electron chi connectivity index (χ4n) is 5.13. The first-order valence-electron chi connectivity index (χ1n) is 15.1. The van der Waals surface area contributed by atoms with Gasteiger partial charge in [-0.05, 0) is 38.3 Å². The fraction of sp³-hybridized carbons (Fsp3) is 0.515. The van der Waals surface area contributed by atoms with E-state index < -0.39 is 45.9 Å². The van der Waals surface area contributed by atoms with Gasteiger partial charge in [-0.1, -0.05) is 86.8 Å². The zero-order chi connectivity index (χ0) is 31.3. The van der Waals surface area contributed by atoms with E-state index in [-0.39, 0.29) is 32.7 Å². The van der Waals surface area contributed by atoms with Crippen LogP contribution in [0.1, 0.15) is 70.9 Å². The van der Waals surface area contributed by atoms with Crippen molar-refractivity contribution in [1.82, 2.24) is 10.8 Å². The second-order valence-corrected chi connectivity index (χ2v) is 11.9. The van der Waals surface area contributed by atoms with Gasteiger partial charge in [-0.3, -0.25) is 9.63 Å². The number of carbonyl (C=O) groups excluding carboxylic acids is 4. The summed E-state index contributed by atoms with van der Waals surface area (Å²) in [4.78, 5) is 60.6. The first kappa shape index (κ1) is 33.9. The number of rotatable bonds is 13. The van der Waals surface area contributed by atoms with Gasteiger partial charge in [0.1, 0.15) is 18.8 Å². The highest BCUT2D eigenvalue weighted by Crippen LogP contribution is 2.30. The molecule has 2 aromatic rings. The van der Waals surface area contributed by atoms with Crippen molar-refractivity contribution in [3.05, 3.63) is 71.8 Å². The Labute approximate surface area is 254 Å². The van der Waals surface area contributed by atoms with Crippen LogP contribution in [0.2, 0.25) is 0 Å². The number of hydrogen-bond acceptors (Lipinski definition) is 8. The molecule has 1 aliphatic rings. The minimum absolute atomic E-state index is 0.000228. The third-order valence-electron chi connectivity index (χ3n) is 7.32. The number of imide groups is 1. The number of esters is 1. The molecule has 1 unspecified atom stereocenters. The maximum atomic E-state index is 14.6. The molecule has 3 amide bonds. The molecule has 1 heterocycles. The SMILES string of the molecule is CCCCC[C@@H](CC(=O)NOCc1ccccc1)C(=O)[N@@+]1(C(=O)OC(C)(C)C)CCNCC1C(=O)OCc1ccccc1. The number of hydrogen-bond donors (Lipinski definition) is 2. The maximum Gasteiger partial charge on any atom is 0.524 e. The Morgan fingerprint density at radius 3 is 2.19 bits per heavy atom. The molecule has 0 aliphatic carbocycles. The Morgan fingerprint density at radius 2 is 1.58 bits per heavy atom. The second kappa shape index (κ2) is 16.3. The molecule has 3 atom stereocenters. The van der Waals surface area contributed by atoms with Gasteiger partial charge in [-0.2, -0.15) is 4.79 Å². The molecule has 10 heteroatoms. The van der Waals surface area contributed by atoms with Crippen LogP contribution in [0.15, 0.2) is 60.7 Å². The number of piperazine rings is 1. The minimum atomic E-state index is -1.18. The van der Waals surface area contributed by atoms with E-state index in [1.54, 1.807) is 20.8 Å². The summed E-state index contributed by atoms with van der Waals surface area (Å²) >= 11 is 0. The zero-order valence-electron chi connectivity index (χ0n) is 25.8. The molecule has 234 valence electrons. The number of quaternary nitrogens is 1. The summed E-state index contributed by atoms with van der Waals surface area (Å²) in [6, 6.07) is 17.4. The lowest BCUT2D eigenvalue weighted by Gasteiger charge is -2.42. The van der Waals surface area contributed by atoms with Crippen LogP contribution in [0.25, 0.3) is 0 Å². The first-order chi connectivity index (χ1) is 20.6. The van der Waals surface area contributed by atoms with E-state index in [0.717, 1.165) is 24.0 Å². The molecular weight excluding hydrogens is 550 g/mol. The third kappa shape index (κ3) is 9.98. The van der Waals surface area contributed by atoms with Crippen LogP contribution >= 0.6 is 0 Å². The molecule has 3 rings (SSSR count). The topological polar surface area (TPSA) is 120 Å². The van der Waals surface area contributed by atoms with Crippen LogP contribution in [0, 0.1) is 5.92 Å². The van der Waals surface area contributed by atoms with Gasteiger partial charge in [0, 0.05) is 13.0 Å². The van der Waals surface area contributed by atoms with E-state index in [9.17, 15) is 19.2 Å². The van der Waals surface area contributed by atoms with Gasteiger partial charge in [-0.25, -0.2) is 15.1 Å². The van der Waals surface area contributed by atoms with Gasteiger partial charge in [0.15, 0.2) is 0 Å². The lowest BCUT2D eigenvalue weighted by atomic mass is 9.93. The van der Waals surface area contributed by atoms with Gasteiger partial charge in [0.25, 0.3) is 0 Å². The highest BCUT2D eigenvalue weighted by atomic mass is 16.6. The summed E-state index contributed by atoms with van der Waals surface area (Å²) in [6.45, 7) is 7.71. The average molecular weight is 597 g/mol.